The number of methoxy groups -OCH3 is 4. The van der Waals surface area contributed by atoms with Gasteiger partial charge >= 0.3 is 5.97 Å². The molecular weight excluding hydrogens is 272 g/mol. The third-order valence-corrected chi connectivity index (χ3v) is 3.46. The van der Waals surface area contributed by atoms with Gasteiger partial charge < -0.3 is 18.9 Å². The van der Waals surface area contributed by atoms with E-state index in [1.807, 2.05) is 12.1 Å². The number of benzene rings is 2. The largest absolute Gasteiger partial charge is 0.496 e. The van der Waals surface area contributed by atoms with Gasteiger partial charge in [0.1, 0.15) is 22.8 Å². The maximum Gasteiger partial charge on any atom is 0.342 e. The van der Waals surface area contributed by atoms with Crippen LogP contribution in [0.4, 0.5) is 0 Å². The Morgan fingerprint density at radius 3 is 2.14 bits per heavy atom. The van der Waals surface area contributed by atoms with Crippen molar-refractivity contribution < 1.29 is 23.7 Å². The van der Waals surface area contributed by atoms with Crippen LogP contribution in [-0.4, -0.2) is 34.4 Å². The van der Waals surface area contributed by atoms with Crippen LogP contribution in [0.3, 0.4) is 0 Å². The van der Waals surface area contributed by atoms with Crippen molar-refractivity contribution in [1.29, 1.82) is 0 Å². The molecule has 0 atom stereocenters. The Morgan fingerprint density at radius 1 is 0.952 bits per heavy atom. The van der Waals surface area contributed by atoms with Gasteiger partial charge in [-0.25, -0.2) is 4.79 Å². The Morgan fingerprint density at radius 2 is 1.62 bits per heavy atom. The Hall–Kier alpha value is -2.43. The second-order valence-electron chi connectivity index (χ2n) is 4.44. The van der Waals surface area contributed by atoms with Crippen molar-refractivity contribution in [2.75, 3.05) is 28.4 Å². The Balaban J connectivity index is 3.03. The van der Waals surface area contributed by atoms with E-state index in [0.29, 0.717) is 33.8 Å². The van der Waals surface area contributed by atoms with Gasteiger partial charge in [0.15, 0.2) is 0 Å². The van der Waals surface area contributed by atoms with E-state index in [0.717, 1.165) is 5.39 Å². The fourth-order valence-electron chi connectivity index (χ4n) is 2.55. The minimum Gasteiger partial charge on any atom is -0.496 e. The first kappa shape index (κ1) is 15.0. The maximum atomic E-state index is 12.1. The lowest BCUT2D eigenvalue weighted by Crippen LogP contribution is -2.09. The van der Waals surface area contributed by atoms with E-state index in [-0.39, 0.29) is 0 Å². The maximum absolute atomic E-state index is 12.1. The van der Waals surface area contributed by atoms with Gasteiger partial charge in [0, 0.05) is 10.9 Å². The smallest absolute Gasteiger partial charge is 0.342 e. The number of carbonyl (C=O) groups excluding carboxylic acids is 1. The minimum absolute atomic E-state index is 0.342. The van der Waals surface area contributed by atoms with E-state index in [1.54, 1.807) is 27.2 Å². The zero-order valence-corrected chi connectivity index (χ0v) is 12.8. The van der Waals surface area contributed by atoms with Crippen molar-refractivity contribution in [3.05, 3.63) is 29.3 Å². The first-order chi connectivity index (χ1) is 10.1. The van der Waals surface area contributed by atoms with Gasteiger partial charge in [-0.3, -0.25) is 0 Å². The highest BCUT2D eigenvalue weighted by Gasteiger charge is 2.25. The van der Waals surface area contributed by atoms with Crippen molar-refractivity contribution in [2.45, 2.75) is 6.92 Å². The zero-order valence-electron chi connectivity index (χ0n) is 12.8. The molecule has 0 aliphatic rings. The number of esters is 1. The van der Waals surface area contributed by atoms with Crippen molar-refractivity contribution in [3.63, 3.8) is 0 Å². The number of hydrogen-bond donors (Lipinski definition) is 0. The number of hydrogen-bond acceptors (Lipinski definition) is 5. The fraction of sp³-hybridized carbons (Fsp3) is 0.312. The predicted octanol–water partition coefficient (Wildman–Crippen LogP) is 2.96. The molecule has 2 aromatic rings. The van der Waals surface area contributed by atoms with Gasteiger partial charge in [0.2, 0.25) is 0 Å². The van der Waals surface area contributed by atoms with E-state index in [1.165, 1.54) is 14.2 Å². The topological polar surface area (TPSA) is 54.0 Å². The molecule has 21 heavy (non-hydrogen) atoms. The lowest BCUT2D eigenvalue weighted by Gasteiger charge is -2.18. The molecule has 0 N–H and O–H groups in total. The van der Waals surface area contributed by atoms with Crippen LogP contribution in [0.15, 0.2) is 18.2 Å². The van der Waals surface area contributed by atoms with Gasteiger partial charge in [-0.05, 0) is 13.0 Å². The Bertz CT molecular complexity index is 691. The lowest BCUT2D eigenvalue weighted by atomic mass is 9.97. The molecule has 0 radical (unpaired) electrons. The summed E-state index contributed by atoms with van der Waals surface area (Å²) in [5.74, 6) is 1.15. The quantitative estimate of drug-likeness (QED) is 0.810. The van der Waals surface area contributed by atoms with Crippen molar-refractivity contribution >= 4 is 16.7 Å². The van der Waals surface area contributed by atoms with Gasteiger partial charge in [0.05, 0.1) is 33.8 Å². The summed E-state index contributed by atoms with van der Waals surface area (Å²) in [5, 5.41) is 1.50. The summed E-state index contributed by atoms with van der Waals surface area (Å²) >= 11 is 0. The van der Waals surface area contributed by atoms with Crippen LogP contribution in [-0.2, 0) is 4.74 Å². The highest BCUT2D eigenvalue weighted by atomic mass is 16.5. The summed E-state index contributed by atoms with van der Waals surface area (Å²) in [6.07, 6.45) is 0. The molecule has 0 aromatic heterocycles. The van der Waals surface area contributed by atoms with Gasteiger partial charge in [0.25, 0.3) is 0 Å². The average Bonchev–Trinajstić information content (AvgIpc) is 2.52. The first-order valence-corrected chi connectivity index (χ1v) is 6.40. The molecule has 5 nitrogen and oxygen atoms in total. The number of carbonyl (C=O) groups is 1. The van der Waals surface area contributed by atoms with Crippen LogP contribution in [0.1, 0.15) is 15.9 Å². The van der Waals surface area contributed by atoms with Gasteiger partial charge in [-0.1, -0.05) is 12.1 Å². The molecule has 0 unspecified atom stereocenters. The summed E-state index contributed by atoms with van der Waals surface area (Å²) in [7, 11) is 5.98. The molecule has 112 valence electrons. The highest BCUT2D eigenvalue weighted by molar-refractivity contribution is 6.08. The molecule has 0 amide bonds. The van der Waals surface area contributed by atoms with Gasteiger partial charge in [-0.2, -0.15) is 0 Å². The molecular formula is C16H18O5. The number of ether oxygens (including phenoxy) is 4. The molecule has 5 heteroatoms. The van der Waals surface area contributed by atoms with Crippen LogP contribution in [0.2, 0.25) is 0 Å². The summed E-state index contributed by atoms with van der Waals surface area (Å²) < 4.78 is 21.2. The number of rotatable bonds is 4. The minimum atomic E-state index is -0.476. The standard InChI is InChI=1S/C16H18O5/c1-9-12(16(17)21-5)15(20-4)13-10(14(9)19-3)7-6-8-11(13)18-2/h6-8H,1-5H3. The molecule has 0 aliphatic carbocycles. The molecule has 0 heterocycles. The van der Waals surface area contributed by atoms with E-state index >= 15 is 0 Å². The second kappa shape index (κ2) is 5.91. The first-order valence-electron chi connectivity index (χ1n) is 6.40. The summed E-state index contributed by atoms with van der Waals surface area (Å²) in [6.45, 7) is 1.80. The van der Waals surface area contributed by atoms with Crippen molar-refractivity contribution in [2.24, 2.45) is 0 Å². The van der Waals surface area contributed by atoms with Crippen LogP contribution in [0.25, 0.3) is 10.8 Å². The number of fused-ring (bicyclic) bond motifs is 1. The normalized spacial score (nSPS) is 10.3. The lowest BCUT2D eigenvalue weighted by molar-refractivity contribution is 0.0596. The van der Waals surface area contributed by atoms with E-state index in [4.69, 9.17) is 18.9 Å². The highest BCUT2D eigenvalue weighted by Crippen LogP contribution is 2.44. The van der Waals surface area contributed by atoms with Crippen LogP contribution in [0.5, 0.6) is 17.2 Å². The van der Waals surface area contributed by atoms with E-state index < -0.39 is 5.97 Å². The molecule has 0 saturated heterocycles. The SMILES string of the molecule is COC(=O)c1c(C)c(OC)c2cccc(OC)c2c1OC. The molecule has 0 saturated carbocycles. The third kappa shape index (κ3) is 2.24. The van der Waals surface area contributed by atoms with E-state index in [2.05, 4.69) is 0 Å². The molecule has 0 fully saturated rings. The zero-order chi connectivity index (χ0) is 15.6. The van der Waals surface area contributed by atoms with Gasteiger partial charge in [-0.15, -0.1) is 0 Å². The van der Waals surface area contributed by atoms with Crippen molar-refractivity contribution in [1.82, 2.24) is 0 Å². The Kier molecular flexibility index (Phi) is 4.21. The van der Waals surface area contributed by atoms with E-state index in [9.17, 15) is 4.79 Å². The van der Waals surface area contributed by atoms with Crippen LogP contribution >= 0.6 is 0 Å². The predicted molar refractivity (Wildman–Crippen MR) is 79.7 cm³/mol. The second-order valence-corrected chi connectivity index (χ2v) is 4.44. The van der Waals surface area contributed by atoms with Crippen LogP contribution < -0.4 is 14.2 Å². The summed E-state index contributed by atoms with van der Waals surface area (Å²) in [6, 6.07) is 5.56. The summed E-state index contributed by atoms with van der Waals surface area (Å²) in [5.41, 5.74) is 1.01. The van der Waals surface area contributed by atoms with Crippen molar-refractivity contribution in [3.8, 4) is 17.2 Å². The molecule has 0 aliphatic heterocycles. The average molecular weight is 290 g/mol. The third-order valence-electron chi connectivity index (χ3n) is 3.46. The Labute approximate surface area is 123 Å². The molecule has 0 spiro atoms. The molecule has 2 aromatic carbocycles. The monoisotopic (exact) mass is 290 g/mol. The van der Waals surface area contributed by atoms with Crippen LogP contribution in [0, 0.1) is 6.92 Å². The molecule has 2 rings (SSSR count). The summed E-state index contributed by atoms with van der Waals surface area (Å²) in [4.78, 5) is 12.1. The molecule has 0 bridgehead atoms. The fourth-order valence-corrected chi connectivity index (χ4v) is 2.55.